The largest absolute Gasteiger partial charge is 0.356 e. The lowest BCUT2D eigenvalue weighted by Crippen LogP contribution is -2.21. The van der Waals surface area contributed by atoms with Crippen molar-refractivity contribution in [2.45, 2.75) is 17.4 Å². The van der Waals surface area contributed by atoms with Crippen molar-refractivity contribution in [1.29, 1.82) is 0 Å². The maximum Gasteiger partial charge on any atom is 0.350 e. The average Bonchev–Trinajstić information content (AvgIpc) is 3.26. The molecule has 0 fully saturated rings. The number of hydrogen-bond acceptors (Lipinski definition) is 7. The minimum atomic E-state index is -0.252. The number of aryl methyl sites for hydroxylation is 1. The van der Waals surface area contributed by atoms with E-state index >= 15 is 0 Å². The number of anilines is 1. The molecule has 138 valence electrons. The molecule has 0 aliphatic carbocycles. The fraction of sp³-hybridized carbons (Fsp3) is 0.176. The van der Waals surface area contributed by atoms with Crippen molar-refractivity contribution in [2.75, 3.05) is 11.1 Å². The molecule has 0 aliphatic rings. The van der Waals surface area contributed by atoms with E-state index in [1.54, 1.807) is 30.5 Å². The number of benzene rings is 1. The lowest BCUT2D eigenvalue weighted by Gasteiger charge is -2.01. The summed E-state index contributed by atoms with van der Waals surface area (Å²) in [6, 6.07) is 11.8. The zero-order chi connectivity index (χ0) is 18.6. The normalized spacial score (nSPS) is 11.1. The number of fused-ring (bicyclic) bond motifs is 1. The molecule has 0 unspecified atom stereocenters. The van der Waals surface area contributed by atoms with Gasteiger partial charge in [0.2, 0.25) is 5.13 Å². The smallest absolute Gasteiger partial charge is 0.350 e. The van der Waals surface area contributed by atoms with Crippen LogP contribution < -0.4 is 11.0 Å². The molecule has 3 heterocycles. The summed E-state index contributed by atoms with van der Waals surface area (Å²) in [5, 5.41) is 16.4. The first-order valence-corrected chi connectivity index (χ1v) is 9.98. The van der Waals surface area contributed by atoms with Crippen LogP contribution in [0.5, 0.6) is 0 Å². The van der Waals surface area contributed by atoms with Crippen LogP contribution >= 0.6 is 23.1 Å². The number of hydrogen-bond donors (Lipinski definition) is 1. The summed E-state index contributed by atoms with van der Waals surface area (Å²) < 4.78 is 16.7. The first kappa shape index (κ1) is 17.7. The molecule has 1 aromatic carbocycles. The van der Waals surface area contributed by atoms with Crippen molar-refractivity contribution < 1.29 is 4.39 Å². The fourth-order valence-corrected chi connectivity index (χ4v) is 4.19. The third kappa shape index (κ3) is 4.17. The molecule has 4 rings (SSSR count). The predicted molar refractivity (Wildman–Crippen MR) is 104 cm³/mol. The van der Waals surface area contributed by atoms with Crippen LogP contribution in [0.25, 0.3) is 5.65 Å². The first-order chi connectivity index (χ1) is 13.2. The van der Waals surface area contributed by atoms with E-state index in [1.807, 2.05) is 6.07 Å². The number of rotatable bonds is 7. The lowest BCUT2D eigenvalue weighted by atomic mass is 10.2. The third-order valence-corrected chi connectivity index (χ3v) is 5.77. The highest BCUT2D eigenvalue weighted by molar-refractivity contribution is 8.01. The van der Waals surface area contributed by atoms with Gasteiger partial charge in [0.15, 0.2) is 9.99 Å². The molecule has 3 aromatic heterocycles. The van der Waals surface area contributed by atoms with Crippen LogP contribution in [0.2, 0.25) is 0 Å². The van der Waals surface area contributed by atoms with E-state index in [4.69, 9.17) is 0 Å². The topological polar surface area (TPSA) is 77.1 Å². The molecule has 27 heavy (non-hydrogen) atoms. The molecular formula is C17H15FN6OS2. The van der Waals surface area contributed by atoms with Crippen LogP contribution in [0.1, 0.15) is 5.56 Å². The summed E-state index contributed by atoms with van der Waals surface area (Å²) in [6.45, 7) is 1.04. The molecule has 0 amide bonds. The summed E-state index contributed by atoms with van der Waals surface area (Å²) in [6.07, 6.45) is 1.71. The second-order valence-corrected chi connectivity index (χ2v) is 7.96. The van der Waals surface area contributed by atoms with Crippen LogP contribution in [0.15, 0.2) is 57.8 Å². The molecule has 10 heteroatoms. The number of halogens is 1. The minimum absolute atomic E-state index is 0.148. The van der Waals surface area contributed by atoms with Gasteiger partial charge in [0.25, 0.3) is 0 Å². The Labute approximate surface area is 161 Å². The molecule has 0 aliphatic heterocycles. The van der Waals surface area contributed by atoms with Crippen LogP contribution in [0, 0.1) is 5.82 Å². The maximum absolute atomic E-state index is 12.9. The van der Waals surface area contributed by atoms with Gasteiger partial charge in [-0.25, -0.2) is 13.9 Å². The Balaban J connectivity index is 1.30. The number of aromatic nitrogens is 5. The van der Waals surface area contributed by atoms with Crippen molar-refractivity contribution in [1.82, 2.24) is 24.4 Å². The lowest BCUT2D eigenvalue weighted by molar-refractivity contribution is 0.627. The Morgan fingerprint density at radius 3 is 2.81 bits per heavy atom. The standard InChI is InChI=1S/C17H15FN6OS2/c18-13-6-4-12(5-7-13)11-19-15-20-21-16(27-15)26-10-9-24-17(25)23-8-2-1-3-14(23)22-24/h1-8H,9-11H2,(H,19,20). The van der Waals surface area contributed by atoms with E-state index in [0.29, 0.717) is 29.6 Å². The highest BCUT2D eigenvalue weighted by atomic mass is 32.2. The van der Waals surface area contributed by atoms with E-state index in [9.17, 15) is 9.18 Å². The molecule has 0 spiro atoms. The summed E-state index contributed by atoms with van der Waals surface area (Å²) in [7, 11) is 0. The third-order valence-electron chi connectivity index (χ3n) is 3.78. The summed E-state index contributed by atoms with van der Waals surface area (Å²) in [4.78, 5) is 12.2. The quantitative estimate of drug-likeness (QED) is 0.479. The number of thioether (sulfide) groups is 1. The maximum atomic E-state index is 12.9. The number of pyridine rings is 1. The van der Waals surface area contributed by atoms with Crippen molar-refractivity contribution in [2.24, 2.45) is 0 Å². The predicted octanol–water partition coefficient (Wildman–Crippen LogP) is 2.89. The molecular weight excluding hydrogens is 387 g/mol. The number of nitrogens with one attached hydrogen (secondary N) is 1. The van der Waals surface area contributed by atoms with Gasteiger partial charge in [-0.1, -0.05) is 41.3 Å². The Morgan fingerprint density at radius 1 is 1.15 bits per heavy atom. The van der Waals surface area contributed by atoms with E-state index < -0.39 is 0 Å². The highest BCUT2D eigenvalue weighted by Crippen LogP contribution is 2.25. The fourth-order valence-electron chi connectivity index (χ4n) is 2.45. The molecule has 1 N–H and O–H groups in total. The van der Waals surface area contributed by atoms with Gasteiger partial charge in [-0.3, -0.25) is 4.40 Å². The van der Waals surface area contributed by atoms with Crippen molar-refractivity contribution in [3.05, 3.63) is 70.5 Å². The molecule has 0 saturated heterocycles. The van der Waals surface area contributed by atoms with Crippen molar-refractivity contribution in [3.63, 3.8) is 0 Å². The second-order valence-electron chi connectivity index (χ2n) is 5.64. The highest BCUT2D eigenvalue weighted by Gasteiger charge is 2.08. The van der Waals surface area contributed by atoms with Gasteiger partial charge in [0.1, 0.15) is 5.82 Å². The molecule has 7 nitrogen and oxygen atoms in total. The zero-order valence-corrected chi connectivity index (χ0v) is 15.7. The summed E-state index contributed by atoms with van der Waals surface area (Å²) in [5.41, 5.74) is 1.45. The summed E-state index contributed by atoms with van der Waals surface area (Å²) >= 11 is 2.97. The van der Waals surface area contributed by atoms with Gasteiger partial charge in [0, 0.05) is 18.5 Å². The van der Waals surface area contributed by atoms with E-state index in [2.05, 4.69) is 20.6 Å². The van der Waals surface area contributed by atoms with E-state index in [-0.39, 0.29) is 11.5 Å². The average molecular weight is 402 g/mol. The van der Waals surface area contributed by atoms with Crippen molar-refractivity contribution >= 4 is 33.9 Å². The minimum Gasteiger partial charge on any atom is -0.356 e. The Hall–Kier alpha value is -2.72. The Morgan fingerprint density at radius 2 is 2.00 bits per heavy atom. The van der Waals surface area contributed by atoms with Crippen LogP contribution in [-0.2, 0) is 13.1 Å². The van der Waals surface area contributed by atoms with Gasteiger partial charge in [-0.15, -0.1) is 15.3 Å². The molecule has 0 atom stereocenters. The number of nitrogens with zero attached hydrogens (tertiary/aromatic N) is 5. The second kappa shape index (κ2) is 7.89. The van der Waals surface area contributed by atoms with Crippen molar-refractivity contribution in [3.8, 4) is 0 Å². The molecule has 0 bridgehead atoms. The van der Waals surface area contributed by atoms with E-state index in [0.717, 1.165) is 9.90 Å². The van der Waals surface area contributed by atoms with Crippen LogP contribution in [0.3, 0.4) is 0 Å². The Bertz CT molecular complexity index is 1100. The molecule has 0 saturated carbocycles. The van der Waals surface area contributed by atoms with Gasteiger partial charge < -0.3 is 5.32 Å². The zero-order valence-electron chi connectivity index (χ0n) is 14.1. The van der Waals surface area contributed by atoms with Crippen LogP contribution in [0.4, 0.5) is 9.52 Å². The van der Waals surface area contributed by atoms with Gasteiger partial charge in [-0.2, -0.15) is 0 Å². The van der Waals surface area contributed by atoms with Crippen LogP contribution in [-0.4, -0.2) is 30.1 Å². The van der Waals surface area contributed by atoms with Gasteiger partial charge in [-0.05, 0) is 29.8 Å². The van der Waals surface area contributed by atoms with E-state index in [1.165, 1.54) is 44.3 Å². The Kier molecular flexibility index (Phi) is 5.16. The first-order valence-electron chi connectivity index (χ1n) is 8.18. The van der Waals surface area contributed by atoms with Gasteiger partial charge >= 0.3 is 5.69 Å². The SMILES string of the molecule is O=c1n(CCSc2nnc(NCc3ccc(F)cc3)s2)nc2ccccn12. The molecule has 0 radical (unpaired) electrons. The monoisotopic (exact) mass is 402 g/mol. The molecule has 4 aromatic rings. The summed E-state index contributed by atoms with van der Waals surface area (Å²) in [5.74, 6) is 0.411. The van der Waals surface area contributed by atoms with Gasteiger partial charge in [0.05, 0.1) is 6.54 Å².